The largest absolute Gasteiger partial charge is 0.394 e. The van der Waals surface area contributed by atoms with Crippen molar-refractivity contribution in [2.24, 2.45) is 0 Å². The Labute approximate surface area is 170 Å². The number of aliphatic hydroxyl groups is 2. The lowest BCUT2D eigenvalue weighted by Crippen LogP contribution is -2.52. The Balaban J connectivity index is 1.43. The number of hydrogen-bond donors (Lipinski definition) is 3. The Hall–Kier alpha value is -1.47. The van der Waals surface area contributed by atoms with Crippen molar-refractivity contribution in [1.29, 1.82) is 0 Å². The third-order valence-electron chi connectivity index (χ3n) is 5.79. The second-order valence-electron chi connectivity index (χ2n) is 7.63. The minimum atomic E-state index is -0.701. The van der Waals surface area contributed by atoms with Crippen molar-refractivity contribution in [3.8, 4) is 0 Å². The summed E-state index contributed by atoms with van der Waals surface area (Å²) in [6, 6.07) is 16.1. The van der Waals surface area contributed by atoms with Crippen molar-refractivity contribution in [2.45, 2.75) is 43.9 Å². The van der Waals surface area contributed by atoms with Crippen molar-refractivity contribution in [1.82, 2.24) is 10.2 Å². The molecule has 0 unspecified atom stereocenters. The molecular weight excluding hydrogens is 376 g/mol. The van der Waals surface area contributed by atoms with Gasteiger partial charge < -0.3 is 20.3 Å². The van der Waals surface area contributed by atoms with Gasteiger partial charge in [-0.3, -0.25) is 4.90 Å². The molecule has 4 atom stereocenters. The van der Waals surface area contributed by atoms with Crippen LogP contribution in [0.5, 0.6) is 0 Å². The van der Waals surface area contributed by atoms with Crippen LogP contribution in [0.4, 0.5) is 0 Å². The summed E-state index contributed by atoms with van der Waals surface area (Å²) in [4.78, 5) is 2.30. The van der Waals surface area contributed by atoms with Crippen LogP contribution in [0.2, 0.25) is 5.02 Å². The topological polar surface area (TPSA) is 65.0 Å². The van der Waals surface area contributed by atoms with Gasteiger partial charge in [-0.05, 0) is 35.2 Å². The zero-order valence-electron chi connectivity index (χ0n) is 15.8. The van der Waals surface area contributed by atoms with E-state index in [1.54, 1.807) is 0 Å². The Morgan fingerprint density at radius 2 is 1.93 bits per heavy atom. The van der Waals surface area contributed by atoms with Gasteiger partial charge in [-0.1, -0.05) is 48.0 Å². The van der Waals surface area contributed by atoms with Crippen molar-refractivity contribution in [3.05, 3.63) is 70.2 Å². The number of halogens is 1. The fourth-order valence-electron chi connectivity index (χ4n) is 4.37. The number of aliphatic hydroxyl groups excluding tert-OH is 2. The number of benzene rings is 2. The van der Waals surface area contributed by atoms with Gasteiger partial charge in [0.2, 0.25) is 0 Å². The molecule has 0 amide bonds. The Morgan fingerprint density at radius 1 is 1.11 bits per heavy atom. The summed E-state index contributed by atoms with van der Waals surface area (Å²) in [6.45, 7) is 2.78. The zero-order chi connectivity index (χ0) is 19.5. The average molecular weight is 403 g/mol. The van der Waals surface area contributed by atoms with E-state index in [1.165, 1.54) is 11.1 Å². The summed E-state index contributed by atoms with van der Waals surface area (Å²) in [7, 11) is 0. The molecule has 2 aliphatic heterocycles. The molecule has 2 heterocycles. The predicted octanol–water partition coefficient (Wildman–Crippen LogP) is 1.98. The average Bonchev–Trinajstić information content (AvgIpc) is 3.03. The van der Waals surface area contributed by atoms with Crippen LogP contribution in [0.3, 0.4) is 0 Å². The van der Waals surface area contributed by atoms with Gasteiger partial charge in [0, 0.05) is 31.2 Å². The molecule has 0 bridgehead atoms. The highest BCUT2D eigenvalue weighted by molar-refractivity contribution is 6.30. The molecule has 150 valence electrons. The molecule has 5 nitrogen and oxygen atoms in total. The van der Waals surface area contributed by atoms with E-state index in [9.17, 15) is 10.2 Å². The maximum Gasteiger partial charge on any atom is 0.109 e. The molecule has 0 aliphatic carbocycles. The maximum atomic E-state index is 10.8. The summed E-state index contributed by atoms with van der Waals surface area (Å²) >= 11 is 6.05. The Bertz CT molecular complexity index is 803. The second kappa shape index (κ2) is 8.91. The Morgan fingerprint density at radius 3 is 2.71 bits per heavy atom. The van der Waals surface area contributed by atoms with Crippen LogP contribution in [0.1, 0.15) is 16.7 Å². The molecule has 1 saturated heterocycles. The predicted molar refractivity (Wildman–Crippen MR) is 109 cm³/mol. The highest BCUT2D eigenvalue weighted by Gasteiger charge is 2.46. The van der Waals surface area contributed by atoms with Crippen LogP contribution in [0.25, 0.3) is 0 Å². The number of rotatable bonds is 6. The minimum Gasteiger partial charge on any atom is -0.394 e. The molecule has 1 fully saturated rings. The van der Waals surface area contributed by atoms with Crippen LogP contribution in [-0.4, -0.2) is 59.2 Å². The molecule has 28 heavy (non-hydrogen) atoms. The molecular formula is C22H27ClN2O3. The van der Waals surface area contributed by atoms with Crippen LogP contribution < -0.4 is 5.32 Å². The van der Waals surface area contributed by atoms with Gasteiger partial charge in [0.05, 0.1) is 18.8 Å². The lowest BCUT2D eigenvalue weighted by atomic mass is 9.95. The first-order valence-corrected chi connectivity index (χ1v) is 10.2. The standard InChI is InChI=1S/C22H27ClN2O3/c23-18-7-3-4-15(10-18)11-24-12-19-21(22(27)20(14-26)28-19)25-9-8-16-5-1-2-6-17(16)13-25/h1-7,10,19-22,24,26-27H,8-9,11-14H2/t19-,20+,21-,22-/m1/s1. The SMILES string of the molecule is OC[C@@H]1O[C@H](CNCc2cccc(Cl)c2)[C@@H](N2CCc3ccccc3C2)[C@@H]1O. The number of fused-ring (bicyclic) bond motifs is 1. The van der Waals surface area contributed by atoms with Crippen LogP contribution in [0, 0.1) is 0 Å². The van der Waals surface area contributed by atoms with Crippen molar-refractivity contribution >= 4 is 11.6 Å². The van der Waals surface area contributed by atoms with E-state index >= 15 is 0 Å². The third kappa shape index (κ3) is 4.25. The maximum absolute atomic E-state index is 10.8. The highest BCUT2D eigenvalue weighted by atomic mass is 35.5. The zero-order valence-corrected chi connectivity index (χ0v) is 16.6. The van der Waals surface area contributed by atoms with E-state index in [4.69, 9.17) is 16.3 Å². The van der Waals surface area contributed by atoms with E-state index in [-0.39, 0.29) is 18.8 Å². The Kier molecular flexibility index (Phi) is 6.31. The monoisotopic (exact) mass is 402 g/mol. The summed E-state index contributed by atoms with van der Waals surface area (Å²) in [5.74, 6) is 0. The van der Waals surface area contributed by atoms with Gasteiger partial charge in [-0.2, -0.15) is 0 Å². The van der Waals surface area contributed by atoms with Crippen LogP contribution >= 0.6 is 11.6 Å². The summed E-state index contributed by atoms with van der Waals surface area (Å²) in [6.07, 6.45) is -0.462. The van der Waals surface area contributed by atoms with E-state index in [0.717, 1.165) is 30.1 Å². The molecule has 0 aromatic heterocycles. The first kappa shape index (κ1) is 19.8. The lowest BCUT2D eigenvalue weighted by molar-refractivity contribution is -0.0213. The number of ether oxygens (including phenoxy) is 1. The van der Waals surface area contributed by atoms with Gasteiger partial charge in [0.1, 0.15) is 12.2 Å². The summed E-state index contributed by atoms with van der Waals surface area (Å²) < 4.78 is 6.01. The first-order chi connectivity index (χ1) is 13.7. The minimum absolute atomic E-state index is 0.141. The summed E-state index contributed by atoms with van der Waals surface area (Å²) in [5, 5.41) is 24.6. The fraction of sp³-hybridized carbons (Fsp3) is 0.455. The van der Waals surface area contributed by atoms with Gasteiger partial charge in [0.25, 0.3) is 0 Å². The number of nitrogens with zero attached hydrogens (tertiary/aromatic N) is 1. The van der Waals surface area contributed by atoms with Crippen molar-refractivity contribution in [2.75, 3.05) is 19.7 Å². The van der Waals surface area contributed by atoms with E-state index in [1.807, 2.05) is 24.3 Å². The number of hydrogen-bond acceptors (Lipinski definition) is 5. The van der Waals surface area contributed by atoms with E-state index < -0.39 is 12.2 Å². The van der Waals surface area contributed by atoms with Crippen LogP contribution in [0.15, 0.2) is 48.5 Å². The lowest BCUT2D eigenvalue weighted by Gasteiger charge is -2.37. The fourth-order valence-corrected chi connectivity index (χ4v) is 4.59. The molecule has 0 radical (unpaired) electrons. The summed E-state index contributed by atoms with van der Waals surface area (Å²) in [5.41, 5.74) is 3.79. The van der Waals surface area contributed by atoms with Crippen LogP contribution in [-0.2, 0) is 24.2 Å². The molecule has 0 saturated carbocycles. The molecule has 3 N–H and O–H groups in total. The van der Waals surface area contributed by atoms with Gasteiger partial charge in [-0.15, -0.1) is 0 Å². The molecule has 6 heteroatoms. The van der Waals surface area contributed by atoms with Crippen molar-refractivity contribution < 1.29 is 14.9 Å². The highest BCUT2D eigenvalue weighted by Crippen LogP contribution is 2.30. The third-order valence-corrected chi connectivity index (χ3v) is 6.02. The molecule has 2 aromatic carbocycles. The number of nitrogens with one attached hydrogen (secondary N) is 1. The smallest absolute Gasteiger partial charge is 0.109 e. The molecule has 0 spiro atoms. The van der Waals surface area contributed by atoms with Crippen molar-refractivity contribution in [3.63, 3.8) is 0 Å². The van der Waals surface area contributed by atoms with E-state index in [2.05, 4.69) is 34.5 Å². The van der Waals surface area contributed by atoms with E-state index in [0.29, 0.717) is 13.1 Å². The second-order valence-corrected chi connectivity index (χ2v) is 8.06. The normalized spacial score (nSPS) is 27.7. The molecule has 2 aromatic rings. The molecule has 4 rings (SSSR count). The molecule has 2 aliphatic rings. The van der Waals surface area contributed by atoms with Gasteiger partial charge in [-0.25, -0.2) is 0 Å². The van der Waals surface area contributed by atoms with Gasteiger partial charge in [0.15, 0.2) is 0 Å². The van der Waals surface area contributed by atoms with Gasteiger partial charge >= 0.3 is 0 Å². The quantitative estimate of drug-likeness (QED) is 0.689. The first-order valence-electron chi connectivity index (χ1n) is 9.86.